The Labute approximate surface area is 105 Å². The van der Waals surface area contributed by atoms with Crippen molar-refractivity contribution >= 4 is 17.6 Å². The molecule has 0 radical (unpaired) electrons. The topological polar surface area (TPSA) is 43.0 Å². The molecule has 1 heterocycles. The van der Waals surface area contributed by atoms with E-state index < -0.39 is 17.6 Å². The van der Waals surface area contributed by atoms with Gasteiger partial charge in [0, 0.05) is 0 Å². The fourth-order valence-electron chi connectivity index (χ4n) is 0.896. The van der Waals surface area contributed by atoms with Gasteiger partial charge in [-0.1, -0.05) is 6.92 Å². The molecular weight excluding hydrogens is 321 g/mol. The number of rotatable bonds is 3. The summed E-state index contributed by atoms with van der Waals surface area (Å²) >= 11 is 0. The average molecular weight is 334 g/mol. The van der Waals surface area contributed by atoms with Crippen LogP contribution >= 0.6 is 7.81 Å². The molecule has 116 valence electrons. The molecule has 1 aromatic rings. The van der Waals surface area contributed by atoms with Gasteiger partial charge < -0.3 is 0 Å². The number of hydrogen-bond acceptors (Lipinski definition) is 2. The van der Waals surface area contributed by atoms with Crippen LogP contribution in [0.25, 0.3) is 0 Å². The predicted octanol–water partition coefficient (Wildman–Crippen LogP) is 3.09. The minimum absolute atomic E-state index is 0.0737. The number of imidazole rings is 1. The van der Waals surface area contributed by atoms with E-state index in [9.17, 15) is 33.6 Å². The molecule has 0 aliphatic carbocycles. The molecule has 4 nitrogen and oxygen atoms in total. The molecule has 19 heavy (non-hydrogen) atoms. The van der Waals surface area contributed by atoms with Crippen LogP contribution in [0.2, 0.25) is 0 Å². The Morgan fingerprint density at radius 2 is 1.58 bits per heavy atom. The van der Waals surface area contributed by atoms with Crippen LogP contribution in [0.4, 0.5) is 25.2 Å². The van der Waals surface area contributed by atoms with Gasteiger partial charge in [0.15, 0.2) is 15.7 Å². The van der Waals surface area contributed by atoms with Crippen molar-refractivity contribution in [3.05, 3.63) is 18.7 Å². The summed E-state index contributed by atoms with van der Waals surface area (Å²) in [5.74, 6) is 0.263. The standard InChI is InChI=1S/C7H13N2O2S.F6P/c1-3-12(10,11)7-9-5-4-8(2)6-9;1-7(2,3,4,5)6/h4-6H,3,7H2,1-2H3;/q+1;-1. The van der Waals surface area contributed by atoms with E-state index in [2.05, 4.69) is 0 Å². The van der Waals surface area contributed by atoms with Gasteiger partial charge >= 0.3 is 33.0 Å². The second-order valence-corrected chi connectivity index (χ2v) is 7.95. The Kier molecular flexibility index (Phi) is 4.42. The molecule has 1 rings (SSSR count). The van der Waals surface area contributed by atoms with Crippen molar-refractivity contribution in [3.8, 4) is 0 Å². The first-order chi connectivity index (χ1) is 7.98. The van der Waals surface area contributed by atoms with Gasteiger partial charge in [-0.05, 0) is 0 Å². The van der Waals surface area contributed by atoms with Crippen LogP contribution in [0.5, 0.6) is 0 Å². The molecule has 12 heteroatoms. The van der Waals surface area contributed by atoms with Gasteiger partial charge in [0.2, 0.25) is 6.33 Å². The van der Waals surface area contributed by atoms with E-state index in [1.54, 1.807) is 24.0 Å². The monoisotopic (exact) mass is 334 g/mol. The zero-order valence-electron chi connectivity index (χ0n) is 9.98. The first-order valence-corrected chi connectivity index (χ1v) is 8.61. The van der Waals surface area contributed by atoms with E-state index in [0.29, 0.717) is 0 Å². The molecule has 0 spiro atoms. The van der Waals surface area contributed by atoms with Crippen molar-refractivity contribution in [3.63, 3.8) is 0 Å². The molecule has 0 N–H and O–H groups in total. The SMILES string of the molecule is CCS(=O)(=O)Cn1cc[n+](C)c1.F[P-](F)(F)(F)(F)F. The summed E-state index contributed by atoms with van der Waals surface area (Å²) in [6.07, 6.45) is 5.30. The zero-order chi connectivity index (χ0) is 15.6. The molecule has 0 saturated heterocycles. The van der Waals surface area contributed by atoms with Crippen LogP contribution in [0, 0.1) is 0 Å². The fourth-order valence-corrected chi connectivity index (χ4v) is 1.69. The summed E-state index contributed by atoms with van der Waals surface area (Å²) in [6.45, 7) is 1.65. The third-order valence-corrected chi connectivity index (χ3v) is 3.18. The number of aryl methyl sites for hydroxylation is 1. The normalized spacial score (nSPS) is 16.0. The number of hydrogen-bond donors (Lipinski definition) is 0. The maximum atomic E-state index is 11.1. The Morgan fingerprint density at radius 1 is 1.16 bits per heavy atom. The summed E-state index contributed by atoms with van der Waals surface area (Å²) < 4.78 is 85.0. The summed E-state index contributed by atoms with van der Waals surface area (Å²) in [7, 11) is -11.7. The van der Waals surface area contributed by atoms with Gasteiger partial charge in [-0.3, -0.25) is 0 Å². The van der Waals surface area contributed by atoms with Gasteiger partial charge in [0.05, 0.1) is 12.8 Å². The van der Waals surface area contributed by atoms with Crippen molar-refractivity contribution in [1.29, 1.82) is 0 Å². The minimum atomic E-state index is -10.7. The first kappa shape index (κ1) is 18.2. The molecule has 1 aromatic heterocycles. The quantitative estimate of drug-likeness (QED) is 0.484. The molecule has 0 unspecified atom stereocenters. The van der Waals surface area contributed by atoms with E-state index in [1.807, 2.05) is 17.8 Å². The number of nitrogens with zero attached hydrogens (tertiary/aromatic N) is 2. The van der Waals surface area contributed by atoms with Crippen LogP contribution in [0.3, 0.4) is 0 Å². The van der Waals surface area contributed by atoms with E-state index in [1.165, 1.54) is 0 Å². The zero-order valence-corrected chi connectivity index (χ0v) is 11.7. The van der Waals surface area contributed by atoms with Crippen LogP contribution in [0.15, 0.2) is 18.7 Å². The van der Waals surface area contributed by atoms with Crippen LogP contribution in [-0.2, 0) is 22.8 Å². The number of halogens is 6. The van der Waals surface area contributed by atoms with Crippen molar-refractivity contribution in [2.45, 2.75) is 12.8 Å². The molecule has 0 aromatic carbocycles. The summed E-state index contributed by atoms with van der Waals surface area (Å²) in [6, 6.07) is 0. The van der Waals surface area contributed by atoms with E-state index in [0.717, 1.165) is 0 Å². The summed E-state index contributed by atoms with van der Waals surface area (Å²) in [5.41, 5.74) is 0. The number of aromatic nitrogens is 2. The molecule has 0 amide bonds. The van der Waals surface area contributed by atoms with E-state index in [4.69, 9.17) is 0 Å². The summed E-state index contributed by atoms with van der Waals surface area (Å²) in [5, 5.41) is 0. The van der Waals surface area contributed by atoms with Crippen molar-refractivity contribution in [1.82, 2.24) is 4.57 Å². The van der Waals surface area contributed by atoms with Gasteiger partial charge in [-0.2, -0.15) is 0 Å². The molecule has 0 saturated carbocycles. The van der Waals surface area contributed by atoms with Crippen molar-refractivity contribution < 1.29 is 38.2 Å². The third kappa shape index (κ3) is 15.1. The van der Waals surface area contributed by atoms with Gasteiger partial charge in [-0.15, -0.1) is 0 Å². The molecule has 0 aliphatic rings. The van der Waals surface area contributed by atoms with E-state index in [-0.39, 0.29) is 11.6 Å². The van der Waals surface area contributed by atoms with Crippen LogP contribution < -0.4 is 4.57 Å². The molecule has 0 bridgehead atoms. The second kappa shape index (κ2) is 4.62. The van der Waals surface area contributed by atoms with Gasteiger partial charge in [0.1, 0.15) is 12.4 Å². The summed E-state index contributed by atoms with van der Waals surface area (Å²) in [4.78, 5) is 0. The Morgan fingerprint density at radius 3 is 1.84 bits per heavy atom. The van der Waals surface area contributed by atoms with Gasteiger partial charge in [-0.25, -0.2) is 17.6 Å². The van der Waals surface area contributed by atoms with E-state index >= 15 is 0 Å². The molecular formula is C7H13F6N2O2PS. The van der Waals surface area contributed by atoms with Gasteiger partial charge in [0.25, 0.3) is 0 Å². The van der Waals surface area contributed by atoms with Crippen LogP contribution in [-0.4, -0.2) is 18.7 Å². The Hall–Kier alpha value is -0.830. The Bertz CT molecular complexity index is 523. The molecule has 0 atom stereocenters. The molecule has 0 fully saturated rings. The Balaban J connectivity index is 0.000000399. The second-order valence-electron chi connectivity index (χ2n) is 3.71. The third-order valence-electron chi connectivity index (χ3n) is 1.61. The number of sulfone groups is 1. The van der Waals surface area contributed by atoms with Crippen molar-refractivity contribution in [2.24, 2.45) is 7.05 Å². The molecule has 0 aliphatic heterocycles. The fraction of sp³-hybridized carbons (Fsp3) is 0.571. The van der Waals surface area contributed by atoms with Crippen LogP contribution in [0.1, 0.15) is 6.92 Å². The van der Waals surface area contributed by atoms with Crippen molar-refractivity contribution in [2.75, 3.05) is 5.75 Å². The average Bonchev–Trinajstić information content (AvgIpc) is 2.45. The predicted molar refractivity (Wildman–Crippen MR) is 58.6 cm³/mol. The first-order valence-electron chi connectivity index (χ1n) is 4.76. The maximum absolute atomic E-state index is 11.1.